The third-order valence-corrected chi connectivity index (χ3v) is 2.70. The van der Waals surface area contributed by atoms with Gasteiger partial charge in [0.1, 0.15) is 24.4 Å². The maximum Gasteiger partial charge on any atom is 0.220 e. The Morgan fingerprint density at radius 1 is 1.33 bits per heavy atom. The second kappa shape index (κ2) is 6.41. The number of nitrogens with two attached hydrogens (primary N) is 1. The van der Waals surface area contributed by atoms with Crippen LogP contribution in [0.4, 0.5) is 0 Å². The molecule has 18 heavy (non-hydrogen) atoms. The molecule has 0 aromatic heterocycles. The predicted molar refractivity (Wildman–Crippen MR) is 58.1 cm³/mol. The summed E-state index contributed by atoms with van der Waals surface area (Å²) in [5.41, 5.74) is 4.98. The van der Waals surface area contributed by atoms with Crippen molar-refractivity contribution in [3.8, 4) is 0 Å². The lowest BCUT2D eigenvalue weighted by molar-refractivity contribution is -0.309. The average molecular weight is 265 g/mol. The maximum absolute atomic E-state index is 10.7. The number of aliphatic hydroxyl groups excluding tert-OH is 4. The Balaban J connectivity index is 2.61. The van der Waals surface area contributed by atoms with Gasteiger partial charge in [0.15, 0.2) is 6.29 Å². The van der Waals surface area contributed by atoms with Crippen LogP contribution in [-0.2, 0) is 14.3 Å². The van der Waals surface area contributed by atoms with Gasteiger partial charge in [0.2, 0.25) is 5.91 Å². The fraction of sp³-hybridized carbons (Fsp3) is 0.900. The van der Waals surface area contributed by atoms with Crippen LogP contribution in [0.3, 0.4) is 0 Å². The van der Waals surface area contributed by atoms with Gasteiger partial charge in [-0.15, -0.1) is 0 Å². The normalized spacial score (nSPS) is 38.4. The molecule has 4 unspecified atom stereocenters. The van der Waals surface area contributed by atoms with Gasteiger partial charge >= 0.3 is 0 Å². The molecule has 1 rings (SSSR count). The van der Waals surface area contributed by atoms with Crippen LogP contribution in [0.5, 0.6) is 0 Å². The number of aliphatic hydroxyl groups is 4. The van der Waals surface area contributed by atoms with E-state index in [0.29, 0.717) is 0 Å². The zero-order valence-electron chi connectivity index (χ0n) is 9.97. The topological polar surface area (TPSA) is 142 Å². The Bertz CT molecular complexity index is 285. The van der Waals surface area contributed by atoms with E-state index in [2.05, 4.69) is 0 Å². The molecule has 1 aliphatic rings. The molecule has 0 aromatic carbocycles. The molecule has 0 spiro atoms. The third-order valence-electron chi connectivity index (χ3n) is 2.70. The van der Waals surface area contributed by atoms with E-state index < -0.39 is 49.3 Å². The lowest BCUT2D eigenvalue weighted by Gasteiger charge is -2.40. The first-order valence-corrected chi connectivity index (χ1v) is 5.61. The van der Waals surface area contributed by atoms with E-state index in [-0.39, 0.29) is 6.42 Å². The number of ether oxygens (including phenoxy) is 2. The maximum atomic E-state index is 10.7. The van der Waals surface area contributed by atoms with Gasteiger partial charge in [-0.05, 0) is 6.92 Å². The van der Waals surface area contributed by atoms with E-state index in [4.69, 9.17) is 20.3 Å². The summed E-state index contributed by atoms with van der Waals surface area (Å²) in [5, 5.41) is 37.6. The first-order valence-electron chi connectivity index (χ1n) is 5.61. The molecule has 106 valence electrons. The van der Waals surface area contributed by atoms with Crippen molar-refractivity contribution in [3.63, 3.8) is 0 Å². The van der Waals surface area contributed by atoms with Gasteiger partial charge in [-0.3, -0.25) is 4.79 Å². The highest BCUT2D eigenvalue weighted by Gasteiger charge is 2.44. The van der Waals surface area contributed by atoms with E-state index in [1.807, 2.05) is 0 Å². The Hall–Kier alpha value is -0.770. The Labute approximate surface area is 104 Å². The predicted octanol–water partition coefficient (Wildman–Crippen LogP) is -2.93. The van der Waals surface area contributed by atoms with Gasteiger partial charge in [0.25, 0.3) is 0 Å². The molecule has 1 amide bonds. The molecule has 6 atom stereocenters. The highest BCUT2D eigenvalue weighted by Crippen LogP contribution is 2.23. The molecule has 0 bridgehead atoms. The molecule has 1 saturated heterocycles. The Morgan fingerprint density at radius 3 is 2.44 bits per heavy atom. The minimum atomic E-state index is -1.50. The fourth-order valence-corrected chi connectivity index (χ4v) is 1.74. The van der Waals surface area contributed by atoms with Crippen molar-refractivity contribution >= 4 is 5.91 Å². The SMILES string of the molecule is CC(CC(N)=O)O[C@H]1OC(CO)[C@@H](O)C(O)C1O. The lowest BCUT2D eigenvalue weighted by Crippen LogP contribution is -2.59. The zero-order chi connectivity index (χ0) is 13.9. The summed E-state index contributed by atoms with van der Waals surface area (Å²) in [6, 6.07) is 0. The number of amides is 1. The monoisotopic (exact) mass is 265 g/mol. The van der Waals surface area contributed by atoms with Crippen LogP contribution in [0, 0.1) is 0 Å². The van der Waals surface area contributed by atoms with Crippen molar-refractivity contribution in [1.82, 2.24) is 0 Å². The van der Waals surface area contributed by atoms with Gasteiger partial charge in [-0.25, -0.2) is 0 Å². The molecule has 0 radical (unpaired) electrons. The number of hydrogen-bond donors (Lipinski definition) is 5. The summed E-state index contributed by atoms with van der Waals surface area (Å²) in [6.07, 6.45) is -7.38. The molecule has 0 saturated carbocycles. The van der Waals surface area contributed by atoms with Crippen LogP contribution in [0.25, 0.3) is 0 Å². The van der Waals surface area contributed by atoms with E-state index in [1.165, 1.54) is 0 Å². The molecular formula is C10H19NO7. The van der Waals surface area contributed by atoms with Crippen LogP contribution in [-0.4, -0.2) is 69.8 Å². The summed E-state index contributed by atoms with van der Waals surface area (Å²) in [5.74, 6) is -0.577. The summed E-state index contributed by atoms with van der Waals surface area (Å²) >= 11 is 0. The van der Waals surface area contributed by atoms with Crippen molar-refractivity contribution < 1.29 is 34.7 Å². The molecule has 8 heteroatoms. The minimum absolute atomic E-state index is 0.0744. The number of rotatable bonds is 5. The van der Waals surface area contributed by atoms with Crippen molar-refractivity contribution in [2.75, 3.05) is 6.61 Å². The van der Waals surface area contributed by atoms with E-state index in [9.17, 15) is 20.1 Å². The molecule has 0 aromatic rings. The average Bonchev–Trinajstić information content (AvgIpc) is 2.29. The largest absolute Gasteiger partial charge is 0.394 e. The van der Waals surface area contributed by atoms with Crippen LogP contribution in [0.15, 0.2) is 0 Å². The fourth-order valence-electron chi connectivity index (χ4n) is 1.74. The summed E-state index contributed by atoms with van der Waals surface area (Å²) < 4.78 is 10.3. The van der Waals surface area contributed by atoms with Gasteiger partial charge in [0, 0.05) is 0 Å². The molecule has 6 N–H and O–H groups in total. The minimum Gasteiger partial charge on any atom is -0.394 e. The van der Waals surface area contributed by atoms with E-state index in [1.54, 1.807) is 6.92 Å². The summed E-state index contributed by atoms with van der Waals surface area (Å²) in [7, 11) is 0. The zero-order valence-corrected chi connectivity index (χ0v) is 9.97. The smallest absolute Gasteiger partial charge is 0.220 e. The van der Waals surface area contributed by atoms with Crippen LogP contribution >= 0.6 is 0 Å². The summed E-state index contributed by atoms with van der Waals surface area (Å²) in [4.78, 5) is 10.7. The third kappa shape index (κ3) is 3.61. The molecule has 1 fully saturated rings. The lowest BCUT2D eigenvalue weighted by atomic mass is 9.99. The van der Waals surface area contributed by atoms with Gasteiger partial charge in [-0.2, -0.15) is 0 Å². The van der Waals surface area contributed by atoms with E-state index in [0.717, 1.165) is 0 Å². The van der Waals surface area contributed by atoms with Crippen molar-refractivity contribution in [2.45, 2.75) is 50.2 Å². The van der Waals surface area contributed by atoms with E-state index >= 15 is 0 Å². The first-order chi connectivity index (χ1) is 8.36. The van der Waals surface area contributed by atoms with Gasteiger partial charge in [0.05, 0.1) is 19.1 Å². The van der Waals surface area contributed by atoms with Crippen LogP contribution in [0.1, 0.15) is 13.3 Å². The second-order valence-electron chi connectivity index (χ2n) is 4.31. The molecule has 1 heterocycles. The van der Waals surface area contributed by atoms with Crippen LogP contribution in [0.2, 0.25) is 0 Å². The Morgan fingerprint density at radius 2 is 1.94 bits per heavy atom. The van der Waals surface area contributed by atoms with Crippen LogP contribution < -0.4 is 5.73 Å². The van der Waals surface area contributed by atoms with Crippen molar-refractivity contribution in [3.05, 3.63) is 0 Å². The number of hydrogen-bond acceptors (Lipinski definition) is 7. The Kier molecular flexibility index (Phi) is 5.45. The summed E-state index contributed by atoms with van der Waals surface area (Å²) in [6.45, 7) is 1.02. The van der Waals surface area contributed by atoms with Gasteiger partial charge in [-0.1, -0.05) is 0 Å². The number of carbonyl (C=O) groups is 1. The number of carbonyl (C=O) groups excluding carboxylic acids is 1. The number of primary amides is 1. The molecule has 0 aliphatic carbocycles. The molecule has 1 aliphatic heterocycles. The quantitative estimate of drug-likeness (QED) is 0.358. The standard InChI is InChI=1S/C10H19NO7/c1-4(2-6(11)13)17-10-9(16)8(15)7(14)5(3-12)18-10/h4-5,7-10,12,14-16H,2-3H2,1H3,(H2,11,13)/t4?,5?,7-,8?,9?,10+/m1/s1. The highest BCUT2D eigenvalue weighted by atomic mass is 16.7. The second-order valence-corrected chi connectivity index (χ2v) is 4.31. The van der Waals surface area contributed by atoms with Gasteiger partial charge < -0.3 is 35.6 Å². The molecule has 8 nitrogen and oxygen atoms in total. The van der Waals surface area contributed by atoms with Crippen molar-refractivity contribution in [2.24, 2.45) is 5.73 Å². The molecular weight excluding hydrogens is 246 g/mol. The highest BCUT2D eigenvalue weighted by molar-refractivity contribution is 5.74. The first kappa shape index (κ1) is 15.3. The van der Waals surface area contributed by atoms with Crippen molar-refractivity contribution in [1.29, 1.82) is 0 Å².